The molecule has 1 saturated carbocycles. The molecule has 41 heavy (non-hydrogen) atoms. The fraction of sp³-hybridized carbons (Fsp3) is 0.382. The molecule has 210 valence electrons. The van der Waals surface area contributed by atoms with Crippen LogP contribution in [0.4, 0.5) is 5.69 Å². The van der Waals surface area contributed by atoms with E-state index in [1.54, 1.807) is 28.6 Å². The summed E-state index contributed by atoms with van der Waals surface area (Å²) in [6.07, 6.45) is 5.18. The average Bonchev–Trinajstić information content (AvgIpc) is 3.69. The number of anilines is 1. The van der Waals surface area contributed by atoms with Gasteiger partial charge in [0.1, 0.15) is 6.23 Å². The van der Waals surface area contributed by atoms with Gasteiger partial charge in [-0.15, -0.1) is 0 Å². The highest BCUT2D eigenvalue weighted by molar-refractivity contribution is 7.93. The highest BCUT2D eigenvalue weighted by atomic mass is 32.2. The maximum Gasteiger partial charge on any atom is 0.268 e. The topological polar surface area (TPSA) is 66.9 Å². The van der Waals surface area contributed by atoms with Crippen molar-refractivity contribution in [3.8, 4) is 0 Å². The number of ether oxygens (including phenoxy) is 1. The van der Waals surface area contributed by atoms with Crippen LogP contribution in [0.15, 0.2) is 102 Å². The smallest absolute Gasteiger partial charge is 0.268 e. The number of benzene rings is 3. The standard InChI is InChI=1S/C34H34N2O4S/c1-2-24-31-25(32(37)35-29(21-40-33(24)35)22-12-5-3-6-13-22)20-34-26-16-9-10-18-28(26)36(30(34)19-11-17-27(31)34)41(38,39)23-14-7-4-8-15-23/h3-10,12-16,18-19,24-25,27,29,31,33H,2,11,17,20-21H2,1H3/t24-,25+,27-,29+,31+,33+,34-/m1/s1. The highest BCUT2D eigenvalue weighted by Gasteiger charge is 2.69. The molecule has 3 fully saturated rings. The number of piperidine rings is 1. The van der Waals surface area contributed by atoms with Crippen molar-refractivity contribution < 1.29 is 17.9 Å². The summed E-state index contributed by atoms with van der Waals surface area (Å²) >= 11 is 0. The summed E-state index contributed by atoms with van der Waals surface area (Å²) in [5.74, 6) is 0.491. The zero-order valence-electron chi connectivity index (χ0n) is 23.1. The Balaban J connectivity index is 1.27. The molecule has 0 bridgehead atoms. The molecular formula is C34H34N2O4S. The van der Waals surface area contributed by atoms with Crippen molar-refractivity contribution in [2.75, 3.05) is 10.9 Å². The Hall–Kier alpha value is -3.42. The van der Waals surface area contributed by atoms with E-state index in [0.29, 0.717) is 13.0 Å². The van der Waals surface area contributed by atoms with Crippen molar-refractivity contribution in [2.24, 2.45) is 23.7 Å². The van der Waals surface area contributed by atoms with Gasteiger partial charge in [-0.2, -0.15) is 0 Å². The van der Waals surface area contributed by atoms with Crippen LogP contribution >= 0.6 is 0 Å². The summed E-state index contributed by atoms with van der Waals surface area (Å²) in [4.78, 5) is 16.9. The van der Waals surface area contributed by atoms with Crippen molar-refractivity contribution in [3.05, 3.63) is 108 Å². The molecule has 6 nitrogen and oxygen atoms in total. The first-order valence-corrected chi connectivity index (χ1v) is 16.3. The van der Waals surface area contributed by atoms with Crippen LogP contribution in [0.5, 0.6) is 0 Å². The van der Waals surface area contributed by atoms with Crippen LogP contribution in [-0.2, 0) is 25.0 Å². The Morgan fingerprint density at radius 1 is 0.951 bits per heavy atom. The summed E-state index contributed by atoms with van der Waals surface area (Å²) < 4.78 is 36.7. The number of hydrogen-bond acceptors (Lipinski definition) is 4. The molecule has 5 aliphatic rings. The summed E-state index contributed by atoms with van der Waals surface area (Å²) in [7, 11) is -3.85. The predicted octanol–water partition coefficient (Wildman–Crippen LogP) is 6.03. The number of amides is 1. The zero-order chi connectivity index (χ0) is 27.9. The molecular weight excluding hydrogens is 532 g/mol. The number of rotatable bonds is 4. The molecule has 1 amide bonds. The van der Waals surface area contributed by atoms with Crippen LogP contribution in [0.1, 0.15) is 49.8 Å². The Kier molecular flexibility index (Phi) is 5.58. The van der Waals surface area contributed by atoms with Crippen LogP contribution in [-0.4, -0.2) is 32.1 Å². The molecule has 3 aromatic rings. The first-order chi connectivity index (χ1) is 20.0. The minimum atomic E-state index is -3.85. The van der Waals surface area contributed by atoms with Gasteiger partial charge in [-0.25, -0.2) is 12.7 Å². The van der Waals surface area contributed by atoms with Gasteiger partial charge in [0.15, 0.2) is 0 Å². The van der Waals surface area contributed by atoms with Crippen molar-refractivity contribution in [3.63, 3.8) is 0 Å². The molecule has 0 aromatic heterocycles. The van der Waals surface area contributed by atoms with Gasteiger partial charge in [-0.1, -0.05) is 79.7 Å². The van der Waals surface area contributed by atoms with Gasteiger partial charge >= 0.3 is 0 Å². The van der Waals surface area contributed by atoms with Crippen LogP contribution in [0.25, 0.3) is 0 Å². The maximum atomic E-state index is 14.6. The lowest BCUT2D eigenvalue weighted by molar-refractivity contribution is -0.161. The van der Waals surface area contributed by atoms with E-state index in [2.05, 4.69) is 31.2 Å². The normalized spacial score (nSPS) is 33.5. The van der Waals surface area contributed by atoms with Crippen molar-refractivity contribution in [1.29, 1.82) is 0 Å². The molecule has 8 rings (SSSR count). The van der Waals surface area contributed by atoms with E-state index in [9.17, 15) is 13.2 Å². The minimum absolute atomic E-state index is 0.0929. The first kappa shape index (κ1) is 25.3. The first-order valence-electron chi connectivity index (χ1n) is 14.9. The van der Waals surface area contributed by atoms with E-state index in [-0.39, 0.29) is 46.7 Å². The van der Waals surface area contributed by atoms with Crippen LogP contribution in [0, 0.1) is 23.7 Å². The number of allylic oxidation sites excluding steroid dienone is 2. The SMILES string of the molecule is CC[C@@H]1[C@H]2[C@H](C[C@]34C(=CCC[C@H]23)N(S(=O)(=O)c2ccccc2)c2ccccc24)C(=O)N2[C@H](c3ccccc3)CO[C@@H]12. The molecule has 7 atom stereocenters. The van der Waals surface area contributed by atoms with E-state index >= 15 is 0 Å². The minimum Gasteiger partial charge on any atom is -0.355 e. The summed E-state index contributed by atoms with van der Waals surface area (Å²) in [6.45, 7) is 2.73. The van der Waals surface area contributed by atoms with Crippen molar-refractivity contribution in [2.45, 2.75) is 55.2 Å². The number of carbonyl (C=O) groups is 1. The third-order valence-electron chi connectivity index (χ3n) is 10.6. The number of sulfonamides is 1. The molecule has 0 radical (unpaired) electrons. The van der Waals surface area contributed by atoms with Gasteiger partial charge in [-0.05, 0) is 66.8 Å². The fourth-order valence-corrected chi connectivity index (χ4v) is 10.8. The molecule has 3 aliphatic heterocycles. The molecule has 7 heteroatoms. The van der Waals surface area contributed by atoms with Gasteiger partial charge in [-0.3, -0.25) is 4.79 Å². The summed E-state index contributed by atoms with van der Waals surface area (Å²) in [5.41, 5.74) is 3.21. The second kappa shape index (κ2) is 9.04. The number of para-hydroxylation sites is 1. The van der Waals surface area contributed by atoms with Crippen LogP contribution in [0.2, 0.25) is 0 Å². The van der Waals surface area contributed by atoms with E-state index in [1.807, 2.05) is 47.4 Å². The second-order valence-electron chi connectivity index (χ2n) is 12.2. The quantitative estimate of drug-likeness (QED) is 0.387. The molecule has 3 aromatic carbocycles. The number of fused-ring (bicyclic) bond motifs is 4. The molecule has 0 unspecified atom stereocenters. The van der Waals surface area contributed by atoms with Crippen molar-refractivity contribution >= 4 is 21.6 Å². The average molecular weight is 567 g/mol. The Labute approximate surface area is 241 Å². The third-order valence-corrected chi connectivity index (χ3v) is 12.3. The lowest BCUT2D eigenvalue weighted by Crippen LogP contribution is -2.54. The Bertz CT molecular complexity index is 1660. The third kappa shape index (κ3) is 3.27. The van der Waals surface area contributed by atoms with E-state index in [0.717, 1.165) is 41.8 Å². The summed E-state index contributed by atoms with van der Waals surface area (Å²) in [5, 5.41) is 0. The molecule has 0 N–H and O–H groups in total. The monoisotopic (exact) mass is 566 g/mol. The number of nitrogens with zero attached hydrogens (tertiary/aromatic N) is 2. The molecule has 2 aliphatic carbocycles. The van der Waals surface area contributed by atoms with Crippen LogP contribution < -0.4 is 4.31 Å². The number of carbonyl (C=O) groups excluding carboxylic acids is 1. The summed E-state index contributed by atoms with van der Waals surface area (Å²) in [6, 6.07) is 26.8. The van der Waals surface area contributed by atoms with Crippen molar-refractivity contribution in [1.82, 2.24) is 4.90 Å². The van der Waals surface area contributed by atoms with E-state index < -0.39 is 15.4 Å². The zero-order valence-corrected chi connectivity index (χ0v) is 23.9. The van der Waals surface area contributed by atoms with Gasteiger partial charge in [0, 0.05) is 22.9 Å². The molecule has 3 heterocycles. The second-order valence-corrected chi connectivity index (χ2v) is 14.0. The van der Waals surface area contributed by atoms with Gasteiger partial charge in [0.25, 0.3) is 10.0 Å². The fourth-order valence-electron chi connectivity index (χ4n) is 9.16. The Morgan fingerprint density at radius 2 is 1.66 bits per heavy atom. The van der Waals surface area contributed by atoms with Gasteiger partial charge in [0.2, 0.25) is 5.91 Å². The van der Waals surface area contributed by atoms with E-state index in [1.165, 1.54) is 0 Å². The Morgan fingerprint density at radius 3 is 2.41 bits per heavy atom. The predicted molar refractivity (Wildman–Crippen MR) is 156 cm³/mol. The largest absolute Gasteiger partial charge is 0.355 e. The number of hydrogen-bond donors (Lipinski definition) is 0. The van der Waals surface area contributed by atoms with Gasteiger partial charge in [0.05, 0.1) is 23.2 Å². The lowest BCUT2D eigenvalue weighted by Gasteiger charge is -2.47. The highest BCUT2D eigenvalue weighted by Crippen LogP contribution is 2.69. The van der Waals surface area contributed by atoms with E-state index in [4.69, 9.17) is 4.74 Å². The van der Waals surface area contributed by atoms with Crippen LogP contribution in [0.3, 0.4) is 0 Å². The molecule has 1 spiro atoms. The lowest BCUT2D eigenvalue weighted by atomic mass is 9.63. The van der Waals surface area contributed by atoms with Gasteiger partial charge < -0.3 is 9.64 Å². The molecule has 2 saturated heterocycles. The maximum absolute atomic E-state index is 14.6.